The van der Waals surface area contributed by atoms with Crippen molar-refractivity contribution in [3.63, 3.8) is 0 Å². The minimum absolute atomic E-state index is 0.230. The molecule has 0 saturated heterocycles. The first-order valence-corrected chi connectivity index (χ1v) is 10.0. The second kappa shape index (κ2) is 7.65. The highest BCUT2D eigenvalue weighted by molar-refractivity contribution is 6.46. The fraction of sp³-hybridized carbons (Fsp3) is 0.120. The molecule has 0 fully saturated rings. The number of amides is 2. The SMILES string of the molecule is Cc1ccc(N2C(=O)C(Nc3ccc4c(c3)OCCO4)=C(c3ccccc3)C2=O)cc1. The van der Waals surface area contributed by atoms with Crippen LogP contribution in [0.2, 0.25) is 0 Å². The zero-order chi connectivity index (χ0) is 21.4. The van der Waals surface area contributed by atoms with Gasteiger partial charge in [-0.1, -0.05) is 48.0 Å². The number of hydrogen-bond acceptors (Lipinski definition) is 5. The van der Waals surface area contributed by atoms with Crippen molar-refractivity contribution >= 4 is 28.8 Å². The molecule has 2 aliphatic rings. The third-order valence-electron chi connectivity index (χ3n) is 5.25. The van der Waals surface area contributed by atoms with Gasteiger partial charge in [0.05, 0.1) is 11.3 Å². The summed E-state index contributed by atoms with van der Waals surface area (Å²) in [6.07, 6.45) is 0. The van der Waals surface area contributed by atoms with E-state index in [1.165, 1.54) is 4.90 Å². The number of hydrogen-bond donors (Lipinski definition) is 1. The summed E-state index contributed by atoms with van der Waals surface area (Å²) >= 11 is 0. The van der Waals surface area contributed by atoms with Crippen LogP contribution in [0.1, 0.15) is 11.1 Å². The number of rotatable bonds is 4. The molecule has 0 atom stereocenters. The molecule has 1 N–H and O–H groups in total. The van der Waals surface area contributed by atoms with Crippen LogP contribution in [0, 0.1) is 6.92 Å². The van der Waals surface area contributed by atoms with Gasteiger partial charge >= 0.3 is 0 Å². The maximum Gasteiger partial charge on any atom is 0.282 e. The number of benzene rings is 3. The van der Waals surface area contributed by atoms with Crippen LogP contribution in [0.5, 0.6) is 11.5 Å². The highest BCUT2D eigenvalue weighted by atomic mass is 16.6. The predicted octanol–water partition coefficient (Wildman–Crippen LogP) is 4.16. The van der Waals surface area contributed by atoms with Gasteiger partial charge in [-0.15, -0.1) is 0 Å². The average Bonchev–Trinajstić information content (AvgIpc) is 3.04. The number of aryl methyl sites for hydroxylation is 1. The van der Waals surface area contributed by atoms with Gasteiger partial charge in [-0.3, -0.25) is 9.59 Å². The Morgan fingerprint density at radius 2 is 1.52 bits per heavy atom. The van der Waals surface area contributed by atoms with E-state index in [9.17, 15) is 9.59 Å². The molecule has 0 spiro atoms. The molecule has 6 nitrogen and oxygen atoms in total. The van der Waals surface area contributed by atoms with Gasteiger partial charge in [-0.25, -0.2) is 4.90 Å². The summed E-state index contributed by atoms with van der Waals surface area (Å²) in [7, 11) is 0. The fourth-order valence-electron chi connectivity index (χ4n) is 3.71. The number of anilines is 2. The Labute approximate surface area is 179 Å². The van der Waals surface area contributed by atoms with E-state index >= 15 is 0 Å². The molecule has 0 bridgehead atoms. The molecular formula is C25H20N2O4. The number of fused-ring (bicyclic) bond motifs is 1. The molecule has 0 saturated carbocycles. The summed E-state index contributed by atoms with van der Waals surface area (Å²) in [6, 6.07) is 21.9. The lowest BCUT2D eigenvalue weighted by Crippen LogP contribution is -2.32. The van der Waals surface area contributed by atoms with Crippen LogP contribution >= 0.6 is 0 Å². The first-order valence-electron chi connectivity index (χ1n) is 10.0. The van der Waals surface area contributed by atoms with Crippen molar-refractivity contribution in [2.24, 2.45) is 0 Å². The molecule has 2 heterocycles. The van der Waals surface area contributed by atoms with Crippen LogP contribution < -0.4 is 19.7 Å². The molecule has 6 heteroatoms. The second-order valence-corrected chi connectivity index (χ2v) is 7.38. The summed E-state index contributed by atoms with van der Waals surface area (Å²) in [5.41, 5.74) is 3.46. The van der Waals surface area contributed by atoms with Crippen LogP contribution in [0.4, 0.5) is 11.4 Å². The smallest absolute Gasteiger partial charge is 0.282 e. The Morgan fingerprint density at radius 1 is 0.806 bits per heavy atom. The van der Waals surface area contributed by atoms with Gasteiger partial charge in [0.15, 0.2) is 11.5 Å². The van der Waals surface area contributed by atoms with E-state index in [2.05, 4.69) is 5.32 Å². The summed E-state index contributed by atoms with van der Waals surface area (Å²) < 4.78 is 11.2. The van der Waals surface area contributed by atoms with Gasteiger partial charge < -0.3 is 14.8 Å². The van der Waals surface area contributed by atoms with Crippen molar-refractivity contribution < 1.29 is 19.1 Å². The minimum atomic E-state index is -0.400. The van der Waals surface area contributed by atoms with Gasteiger partial charge in [-0.2, -0.15) is 0 Å². The Balaban J connectivity index is 1.57. The van der Waals surface area contributed by atoms with Crippen molar-refractivity contribution in [2.75, 3.05) is 23.4 Å². The molecule has 31 heavy (non-hydrogen) atoms. The van der Waals surface area contributed by atoms with Crippen LogP contribution in [0.15, 0.2) is 78.5 Å². The zero-order valence-electron chi connectivity index (χ0n) is 16.9. The Kier molecular flexibility index (Phi) is 4.67. The van der Waals surface area contributed by atoms with Crippen LogP contribution in [-0.2, 0) is 9.59 Å². The third kappa shape index (κ3) is 3.42. The van der Waals surface area contributed by atoms with Crippen LogP contribution in [0.25, 0.3) is 5.57 Å². The Morgan fingerprint density at radius 3 is 2.26 bits per heavy atom. The maximum absolute atomic E-state index is 13.4. The van der Waals surface area contributed by atoms with Crippen molar-refractivity contribution in [3.8, 4) is 11.5 Å². The van der Waals surface area contributed by atoms with Crippen molar-refractivity contribution in [3.05, 3.63) is 89.6 Å². The van der Waals surface area contributed by atoms with E-state index < -0.39 is 5.91 Å². The van der Waals surface area contributed by atoms with Crippen LogP contribution in [0.3, 0.4) is 0 Å². The molecule has 2 aliphatic heterocycles. The topological polar surface area (TPSA) is 67.9 Å². The minimum Gasteiger partial charge on any atom is -0.486 e. The largest absolute Gasteiger partial charge is 0.486 e. The average molecular weight is 412 g/mol. The molecule has 2 amide bonds. The molecule has 0 aromatic heterocycles. The third-order valence-corrected chi connectivity index (χ3v) is 5.25. The summed E-state index contributed by atoms with van der Waals surface area (Å²) in [5.74, 6) is 0.497. The first-order chi connectivity index (χ1) is 15.1. The monoisotopic (exact) mass is 412 g/mol. The molecule has 154 valence electrons. The fourth-order valence-corrected chi connectivity index (χ4v) is 3.71. The Hall–Kier alpha value is -4.06. The summed E-state index contributed by atoms with van der Waals surface area (Å²) in [5, 5.41) is 3.16. The van der Waals surface area contributed by atoms with Gasteiger partial charge in [0.1, 0.15) is 18.9 Å². The Bertz CT molecular complexity index is 1200. The summed E-state index contributed by atoms with van der Waals surface area (Å²) in [4.78, 5) is 28.0. The number of carbonyl (C=O) groups excluding carboxylic acids is 2. The van der Waals surface area contributed by atoms with E-state index in [4.69, 9.17) is 9.47 Å². The maximum atomic E-state index is 13.4. The summed E-state index contributed by atoms with van der Waals surface area (Å²) in [6.45, 7) is 2.93. The van der Waals surface area contributed by atoms with Crippen LogP contribution in [-0.4, -0.2) is 25.0 Å². The number of imide groups is 1. The predicted molar refractivity (Wildman–Crippen MR) is 118 cm³/mol. The highest BCUT2D eigenvalue weighted by Crippen LogP contribution is 2.36. The number of ether oxygens (including phenoxy) is 2. The van der Waals surface area contributed by atoms with Gasteiger partial charge in [0.25, 0.3) is 11.8 Å². The molecule has 5 rings (SSSR count). The standard InChI is InChI=1S/C25H20N2O4/c1-16-7-10-19(11-8-16)27-24(28)22(17-5-3-2-4-6-17)23(25(27)29)26-18-9-12-20-21(15-18)31-14-13-30-20/h2-12,15,26H,13-14H2,1H3. The lowest BCUT2D eigenvalue weighted by atomic mass is 10.0. The van der Waals surface area contributed by atoms with Gasteiger partial charge in [0.2, 0.25) is 0 Å². The molecule has 0 aliphatic carbocycles. The van der Waals surface area contributed by atoms with Crippen molar-refractivity contribution in [1.29, 1.82) is 0 Å². The lowest BCUT2D eigenvalue weighted by Gasteiger charge is -2.19. The van der Waals surface area contributed by atoms with Crippen molar-refractivity contribution in [1.82, 2.24) is 0 Å². The van der Waals surface area contributed by atoms with Gasteiger partial charge in [0, 0.05) is 11.8 Å². The van der Waals surface area contributed by atoms with Gasteiger partial charge in [-0.05, 0) is 36.8 Å². The van der Waals surface area contributed by atoms with E-state index in [-0.39, 0.29) is 11.6 Å². The molecule has 0 radical (unpaired) electrons. The van der Waals surface area contributed by atoms with E-state index in [0.717, 1.165) is 5.56 Å². The zero-order valence-corrected chi connectivity index (χ0v) is 16.9. The van der Waals surface area contributed by atoms with E-state index in [0.29, 0.717) is 47.2 Å². The molecule has 3 aromatic rings. The highest BCUT2D eigenvalue weighted by Gasteiger charge is 2.40. The quantitative estimate of drug-likeness (QED) is 0.652. The number of carbonyl (C=O) groups is 2. The number of nitrogens with one attached hydrogen (secondary N) is 1. The first kappa shape index (κ1) is 18.9. The molecular weight excluding hydrogens is 392 g/mol. The number of nitrogens with zero attached hydrogens (tertiary/aromatic N) is 1. The lowest BCUT2D eigenvalue weighted by molar-refractivity contribution is -0.120. The normalized spacial score (nSPS) is 15.5. The van der Waals surface area contributed by atoms with E-state index in [1.807, 2.05) is 49.4 Å². The second-order valence-electron chi connectivity index (χ2n) is 7.38. The molecule has 3 aromatic carbocycles. The van der Waals surface area contributed by atoms with E-state index in [1.54, 1.807) is 30.3 Å². The van der Waals surface area contributed by atoms with Crippen molar-refractivity contribution in [2.45, 2.75) is 6.92 Å². The molecule has 0 unspecified atom stereocenters.